The van der Waals surface area contributed by atoms with Crippen LogP contribution >= 0.6 is 0 Å². The molecule has 0 unspecified atom stereocenters. The fraction of sp³-hybridized carbons (Fsp3) is 0.667. The van der Waals surface area contributed by atoms with Crippen LogP contribution in [-0.4, -0.2) is 56.2 Å². The Bertz CT molecular complexity index is 552. The maximum Gasteiger partial charge on any atom is 0.220 e. The highest BCUT2D eigenvalue weighted by Crippen LogP contribution is 2.24. The number of carbonyl (C=O) groups is 1. The van der Waals surface area contributed by atoms with Crippen molar-refractivity contribution in [2.24, 2.45) is 0 Å². The van der Waals surface area contributed by atoms with Gasteiger partial charge in [-0.15, -0.1) is 0 Å². The second-order valence-electron chi connectivity index (χ2n) is 7.47. The molecule has 5 heteroatoms. The summed E-state index contributed by atoms with van der Waals surface area (Å²) in [5.74, 6) is 1.10. The molecule has 1 aromatic carbocycles. The van der Waals surface area contributed by atoms with E-state index in [1.807, 2.05) is 12.1 Å². The van der Waals surface area contributed by atoms with Crippen molar-refractivity contribution < 1.29 is 9.53 Å². The number of ether oxygens (including phenoxy) is 1. The van der Waals surface area contributed by atoms with E-state index in [-0.39, 0.29) is 5.91 Å². The zero-order valence-electron chi connectivity index (χ0n) is 15.8. The van der Waals surface area contributed by atoms with Gasteiger partial charge in [0.2, 0.25) is 5.91 Å². The van der Waals surface area contributed by atoms with E-state index in [1.54, 1.807) is 0 Å². The van der Waals surface area contributed by atoms with Gasteiger partial charge < -0.3 is 20.3 Å². The number of amides is 1. The second kappa shape index (κ2) is 10.5. The summed E-state index contributed by atoms with van der Waals surface area (Å²) >= 11 is 0. The molecule has 3 rings (SSSR count). The average Bonchev–Trinajstić information content (AvgIpc) is 3.18. The van der Waals surface area contributed by atoms with Crippen molar-refractivity contribution >= 4 is 5.91 Å². The maximum absolute atomic E-state index is 12.1. The SMILES string of the molecule is O=C(CCc1cccc(OC2CCCC2)c1)NCCCN1CCNCC1. The molecule has 1 aliphatic heterocycles. The number of rotatable bonds is 9. The van der Waals surface area contributed by atoms with Gasteiger partial charge in [-0.2, -0.15) is 0 Å². The Morgan fingerprint density at radius 1 is 1.23 bits per heavy atom. The molecule has 1 aromatic rings. The average molecular weight is 360 g/mol. The fourth-order valence-electron chi connectivity index (χ4n) is 3.78. The second-order valence-corrected chi connectivity index (χ2v) is 7.47. The number of hydrogen-bond acceptors (Lipinski definition) is 4. The van der Waals surface area contributed by atoms with E-state index in [4.69, 9.17) is 4.74 Å². The number of hydrogen-bond donors (Lipinski definition) is 2. The molecule has 0 spiro atoms. The van der Waals surface area contributed by atoms with E-state index in [0.717, 1.165) is 57.9 Å². The molecule has 0 radical (unpaired) electrons. The minimum absolute atomic E-state index is 0.146. The summed E-state index contributed by atoms with van der Waals surface area (Å²) in [7, 11) is 0. The predicted molar refractivity (Wildman–Crippen MR) is 105 cm³/mol. The van der Waals surface area contributed by atoms with E-state index in [2.05, 4.69) is 27.7 Å². The van der Waals surface area contributed by atoms with Crippen LogP contribution in [0.5, 0.6) is 5.75 Å². The smallest absolute Gasteiger partial charge is 0.220 e. The minimum atomic E-state index is 0.146. The molecular formula is C21H33N3O2. The van der Waals surface area contributed by atoms with Crippen molar-refractivity contribution in [3.63, 3.8) is 0 Å². The van der Waals surface area contributed by atoms with Crippen LogP contribution in [0.25, 0.3) is 0 Å². The summed E-state index contributed by atoms with van der Waals surface area (Å²) in [6.07, 6.45) is 7.60. The summed E-state index contributed by atoms with van der Waals surface area (Å²) < 4.78 is 6.05. The molecule has 2 N–H and O–H groups in total. The highest BCUT2D eigenvalue weighted by molar-refractivity contribution is 5.76. The molecule has 1 aliphatic carbocycles. The summed E-state index contributed by atoms with van der Waals surface area (Å²) in [4.78, 5) is 14.5. The Morgan fingerprint density at radius 3 is 2.85 bits per heavy atom. The zero-order valence-corrected chi connectivity index (χ0v) is 15.8. The first-order valence-electron chi connectivity index (χ1n) is 10.2. The Kier molecular flexibility index (Phi) is 7.77. The van der Waals surface area contributed by atoms with Crippen LogP contribution in [-0.2, 0) is 11.2 Å². The zero-order chi connectivity index (χ0) is 18.0. The molecule has 2 aliphatic rings. The largest absolute Gasteiger partial charge is 0.490 e. The van der Waals surface area contributed by atoms with Crippen molar-refractivity contribution in [1.29, 1.82) is 0 Å². The van der Waals surface area contributed by atoms with Gasteiger partial charge in [0, 0.05) is 39.1 Å². The molecule has 1 amide bonds. The lowest BCUT2D eigenvalue weighted by atomic mass is 10.1. The van der Waals surface area contributed by atoms with E-state index in [0.29, 0.717) is 12.5 Å². The van der Waals surface area contributed by atoms with Crippen molar-refractivity contribution in [3.05, 3.63) is 29.8 Å². The van der Waals surface area contributed by atoms with Crippen LogP contribution in [0.15, 0.2) is 24.3 Å². The van der Waals surface area contributed by atoms with Gasteiger partial charge in [0.15, 0.2) is 0 Å². The summed E-state index contributed by atoms with van der Waals surface area (Å²) in [6.45, 7) is 6.24. The molecule has 0 atom stereocenters. The van der Waals surface area contributed by atoms with E-state index >= 15 is 0 Å². The number of benzene rings is 1. The highest BCUT2D eigenvalue weighted by Gasteiger charge is 2.16. The minimum Gasteiger partial charge on any atom is -0.490 e. The number of piperazine rings is 1. The Balaban J connectivity index is 1.31. The lowest BCUT2D eigenvalue weighted by Crippen LogP contribution is -2.44. The molecule has 2 fully saturated rings. The fourth-order valence-corrected chi connectivity index (χ4v) is 3.78. The molecule has 26 heavy (non-hydrogen) atoms. The molecule has 1 heterocycles. The first-order valence-corrected chi connectivity index (χ1v) is 10.2. The topological polar surface area (TPSA) is 53.6 Å². The van der Waals surface area contributed by atoms with Crippen molar-refractivity contribution in [2.45, 2.75) is 51.0 Å². The molecular weight excluding hydrogens is 326 g/mol. The van der Waals surface area contributed by atoms with E-state index in [9.17, 15) is 4.79 Å². The number of nitrogens with zero attached hydrogens (tertiary/aromatic N) is 1. The first-order chi connectivity index (χ1) is 12.8. The molecule has 0 bridgehead atoms. The van der Waals surface area contributed by atoms with E-state index in [1.165, 1.54) is 31.2 Å². The van der Waals surface area contributed by atoms with Gasteiger partial charge in [0.25, 0.3) is 0 Å². The van der Waals surface area contributed by atoms with E-state index < -0.39 is 0 Å². The van der Waals surface area contributed by atoms with Crippen molar-refractivity contribution in [1.82, 2.24) is 15.5 Å². The predicted octanol–water partition coefficient (Wildman–Crippen LogP) is 2.35. The van der Waals surface area contributed by atoms with Crippen LogP contribution in [0.4, 0.5) is 0 Å². The molecule has 144 valence electrons. The van der Waals surface area contributed by atoms with Gasteiger partial charge in [0.05, 0.1) is 6.10 Å². The number of nitrogens with one attached hydrogen (secondary N) is 2. The summed E-state index contributed by atoms with van der Waals surface area (Å²) in [6, 6.07) is 8.23. The van der Waals surface area contributed by atoms with Gasteiger partial charge in [-0.25, -0.2) is 0 Å². The quantitative estimate of drug-likeness (QED) is 0.665. The van der Waals surface area contributed by atoms with Crippen LogP contribution in [0, 0.1) is 0 Å². The third kappa shape index (κ3) is 6.61. The standard InChI is InChI=1S/C21H33N3O2/c25-21(23-11-4-14-24-15-12-22-13-16-24)10-9-18-5-3-8-20(17-18)26-19-6-1-2-7-19/h3,5,8,17,19,22H,1-2,4,6-7,9-16H2,(H,23,25). The van der Waals surface area contributed by atoms with Gasteiger partial charge in [0.1, 0.15) is 5.75 Å². The Hall–Kier alpha value is -1.59. The third-order valence-electron chi connectivity index (χ3n) is 5.33. The van der Waals surface area contributed by atoms with Crippen LogP contribution in [0.3, 0.4) is 0 Å². The number of aryl methyl sites for hydroxylation is 1. The van der Waals surface area contributed by atoms with Gasteiger partial charge >= 0.3 is 0 Å². The highest BCUT2D eigenvalue weighted by atomic mass is 16.5. The van der Waals surface area contributed by atoms with Gasteiger partial charge in [-0.3, -0.25) is 4.79 Å². The first kappa shape index (κ1) is 19.2. The van der Waals surface area contributed by atoms with Crippen molar-refractivity contribution in [2.75, 3.05) is 39.3 Å². The Labute approximate surface area is 157 Å². The third-order valence-corrected chi connectivity index (χ3v) is 5.33. The lowest BCUT2D eigenvalue weighted by Gasteiger charge is -2.27. The molecule has 1 saturated carbocycles. The summed E-state index contributed by atoms with van der Waals surface area (Å²) in [5.41, 5.74) is 1.18. The van der Waals surface area contributed by atoms with Crippen LogP contribution in [0.2, 0.25) is 0 Å². The summed E-state index contributed by atoms with van der Waals surface area (Å²) in [5, 5.41) is 6.41. The van der Waals surface area contributed by atoms with Crippen LogP contribution < -0.4 is 15.4 Å². The molecule has 1 saturated heterocycles. The molecule has 0 aromatic heterocycles. The number of carbonyl (C=O) groups excluding carboxylic acids is 1. The monoisotopic (exact) mass is 359 g/mol. The Morgan fingerprint density at radius 2 is 2.04 bits per heavy atom. The molecule has 5 nitrogen and oxygen atoms in total. The lowest BCUT2D eigenvalue weighted by molar-refractivity contribution is -0.121. The maximum atomic E-state index is 12.1. The van der Waals surface area contributed by atoms with Gasteiger partial charge in [-0.1, -0.05) is 12.1 Å². The normalized spacial score (nSPS) is 18.8. The van der Waals surface area contributed by atoms with Crippen molar-refractivity contribution in [3.8, 4) is 5.75 Å². The van der Waals surface area contributed by atoms with Crippen LogP contribution in [0.1, 0.15) is 44.1 Å². The van der Waals surface area contributed by atoms with Gasteiger partial charge in [-0.05, 0) is 62.8 Å².